The van der Waals surface area contributed by atoms with Crippen molar-refractivity contribution in [3.05, 3.63) is 18.2 Å². The monoisotopic (exact) mass is 276 g/mol. The van der Waals surface area contributed by atoms with Crippen LogP contribution in [0.25, 0.3) is 0 Å². The van der Waals surface area contributed by atoms with Crippen molar-refractivity contribution in [1.82, 2.24) is 0 Å². The molecule has 0 aromatic heterocycles. The number of hydrogen-bond acceptors (Lipinski definition) is 3. The highest BCUT2D eigenvalue weighted by molar-refractivity contribution is 5.73. The number of hydrogen-bond donors (Lipinski definition) is 2. The average Bonchev–Trinajstić information content (AvgIpc) is 2.59. The summed E-state index contributed by atoms with van der Waals surface area (Å²) in [5.41, 5.74) is 8.00. The Kier molecular flexibility index (Phi) is 5.16. The maximum absolute atomic E-state index is 6.25. The molecule has 3 N–H and O–H groups in total. The second-order valence-electron chi connectivity index (χ2n) is 6.25. The van der Waals surface area contributed by atoms with Gasteiger partial charge in [0.25, 0.3) is 0 Å². The molecule has 2 atom stereocenters. The maximum atomic E-state index is 6.25. The normalized spacial score (nSPS) is 23.4. The number of rotatable bonds is 4. The standard InChI is InChI=1S/C17H28N2O/c1-12(2)20-16-11-7-10-15(17(16)18)19-14-9-6-4-5-8-13(14)3/h7,10-14,19H,4-6,8-9,18H2,1-3H3. The number of nitrogens with one attached hydrogen (secondary N) is 1. The zero-order valence-corrected chi connectivity index (χ0v) is 13.0. The third kappa shape index (κ3) is 3.81. The SMILES string of the molecule is CC(C)Oc1cccc(NC2CCCCCC2C)c1N. The van der Waals surface area contributed by atoms with Gasteiger partial charge in [-0.25, -0.2) is 0 Å². The summed E-state index contributed by atoms with van der Waals surface area (Å²) < 4.78 is 5.76. The Hall–Kier alpha value is -1.38. The van der Waals surface area contributed by atoms with E-state index in [1.807, 2.05) is 26.0 Å². The Morgan fingerprint density at radius 1 is 1.20 bits per heavy atom. The first-order valence-electron chi connectivity index (χ1n) is 7.89. The van der Waals surface area contributed by atoms with Crippen molar-refractivity contribution in [3.8, 4) is 5.75 Å². The van der Waals surface area contributed by atoms with Gasteiger partial charge < -0.3 is 15.8 Å². The summed E-state index contributed by atoms with van der Waals surface area (Å²) in [6.45, 7) is 6.38. The van der Waals surface area contributed by atoms with E-state index in [2.05, 4.69) is 18.3 Å². The highest BCUT2D eigenvalue weighted by atomic mass is 16.5. The van der Waals surface area contributed by atoms with Crippen LogP contribution in [0.1, 0.15) is 52.9 Å². The summed E-state index contributed by atoms with van der Waals surface area (Å²) in [5, 5.41) is 3.65. The third-order valence-corrected chi connectivity index (χ3v) is 4.13. The molecule has 0 radical (unpaired) electrons. The van der Waals surface area contributed by atoms with Crippen LogP contribution in [0.3, 0.4) is 0 Å². The van der Waals surface area contributed by atoms with Crippen LogP contribution in [0.4, 0.5) is 11.4 Å². The largest absolute Gasteiger partial charge is 0.489 e. The van der Waals surface area contributed by atoms with Crippen LogP contribution >= 0.6 is 0 Å². The summed E-state index contributed by atoms with van der Waals surface area (Å²) in [4.78, 5) is 0. The van der Waals surface area contributed by atoms with Gasteiger partial charge >= 0.3 is 0 Å². The van der Waals surface area contributed by atoms with Crippen LogP contribution in [0.2, 0.25) is 0 Å². The summed E-state index contributed by atoms with van der Waals surface area (Å²) in [7, 11) is 0. The molecule has 2 rings (SSSR count). The van der Waals surface area contributed by atoms with Crippen molar-refractivity contribution in [2.45, 2.75) is 65.0 Å². The Bertz CT molecular complexity index is 431. The van der Waals surface area contributed by atoms with Gasteiger partial charge in [-0.05, 0) is 44.7 Å². The lowest BCUT2D eigenvalue weighted by atomic mass is 9.96. The Morgan fingerprint density at radius 3 is 2.70 bits per heavy atom. The fourth-order valence-electron chi connectivity index (χ4n) is 2.93. The van der Waals surface area contributed by atoms with Crippen LogP contribution in [-0.4, -0.2) is 12.1 Å². The zero-order chi connectivity index (χ0) is 14.5. The fourth-order valence-corrected chi connectivity index (χ4v) is 2.93. The van der Waals surface area contributed by atoms with E-state index < -0.39 is 0 Å². The minimum absolute atomic E-state index is 0.143. The van der Waals surface area contributed by atoms with Gasteiger partial charge in [0.05, 0.1) is 17.5 Å². The topological polar surface area (TPSA) is 47.3 Å². The lowest BCUT2D eigenvalue weighted by molar-refractivity contribution is 0.244. The van der Waals surface area contributed by atoms with Crippen LogP contribution in [-0.2, 0) is 0 Å². The van der Waals surface area contributed by atoms with Gasteiger partial charge in [0.1, 0.15) is 5.75 Å². The second kappa shape index (κ2) is 6.87. The molecule has 112 valence electrons. The molecule has 3 heteroatoms. The van der Waals surface area contributed by atoms with Crippen LogP contribution < -0.4 is 15.8 Å². The van der Waals surface area contributed by atoms with E-state index in [4.69, 9.17) is 10.5 Å². The van der Waals surface area contributed by atoms with E-state index in [9.17, 15) is 0 Å². The molecule has 0 spiro atoms. The molecule has 1 fully saturated rings. The molecule has 0 amide bonds. The number of para-hydroxylation sites is 1. The van der Waals surface area contributed by atoms with Gasteiger partial charge in [0.15, 0.2) is 0 Å². The van der Waals surface area contributed by atoms with E-state index in [1.54, 1.807) is 0 Å². The first-order chi connectivity index (χ1) is 9.58. The number of ether oxygens (including phenoxy) is 1. The quantitative estimate of drug-likeness (QED) is 0.631. The number of anilines is 2. The van der Waals surface area contributed by atoms with Gasteiger partial charge in [-0.15, -0.1) is 0 Å². The number of nitrogens with two attached hydrogens (primary N) is 1. The Balaban J connectivity index is 2.12. The van der Waals surface area contributed by atoms with E-state index in [0.717, 1.165) is 17.1 Å². The van der Waals surface area contributed by atoms with Gasteiger partial charge in [-0.1, -0.05) is 32.3 Å². The predicted molar refractivity (Wildman–Crippen MR) is 86.3 cm³/mol. The predicted octanol–water partition coefficient (Wildman–Crippen LogP) is 4.44. The zero-order valence-electron chi connectivity index (χ0n) is 13.0. The van der Waals surface area contributed by atoms with Gasteiger partial charge in [-0.2, -0.15) is 0 Å². The van der Waals surface area contributed by atoms with E-state index >= 15 is 0 Å². The molecule has 0 bridgehead atoms. The third-order valence-electron chi connectivity index (χ3n) is 4.13. The first kappa shape index (κ1) is 15.0. The van der Waals surface area contributed by atoms with Gasteiger partial charge in [0.2, 0.25) is 0 Å². The van der Waals surface area contributed by atoms with Crippen molar-refractivity contribution in [3.63, 3.8) is 0 Å². The lowest BCUT2D eigenvalue weighted by Gasteiger charge is -2.25. The van der Waals surface area contributed by atoms with Crippen LogP contribution in [0, 0.1) is 5.92 Å². The Labute approximate surface area is 122 Å². The molecule has 1 aromatic carbocycles. The smallest absolute Gasteiger partial charge is 0.144 e. The minimum atomic E-state index is 0.143. The summed E-state index contributed by atoms with van der Waals surface area (Å²) in [5.74, 6) is 1.48. The highest BCUT2D eigenvalue weighted by Crippen LogP contribution is 2.33. The molecule has 0 saturated heterocycles. The maximum Gasteiger partial charge on any atom is 0.144 e. The van der Waals surface area contributed by atoms with Crippen molar-refractivity contribution in [1.29, 1.82) is 0 Å². The van der Waals surface area contributed by atoms with Crippen LogP contribution in [0.5, 0.6) is 5.75 Å². The summed E-state index contributed by atoms with van der Waals surface area (Å²) in [6.07, 6.45) is 6.70. The van der Waals surface area contributed by atoms with Gasteiger partial charge in [0, 0.05) is 6.04 Å². The molecular weight excluding hydrogens is 248 g/mol. The van der Waals surface area contributed by atoms with Crippen molar-refractivity contribution >= 4 is 11.4 Å². The molecule has 2 unspecified atom stereocenters. The number of benzene rings is 1. The van der Waals surface area contributed by atoms with Gasteiger partial charge in [-0.3, -0.25) is 0 Å². The van der Waals surface area contributed by atoms with Crippen molar-refractivity contribution < 1.29 is 4.74 Å². The second-order valence-corrected chi connectivity index (χ2v) is 6.25. The number of nitrogen functional groups attached to an aromatic ring is 1. The highest BCUT2D eigenvalue weighted by Gasteiger charge is 2.20. The lowest BCUT2D eigenvalue weighted by Crippen LogP contribution is -2.26. The first-order valence-corrected chi connectivity index (χ1v) is 7.89. The summed E-state index contributed by atoms with van der Waals surface area (Å²) in [6, 6.07) is 6.53. The molecule has 1 saturated carbocycles. The van der Waals surface area contributed by atoms with E-state index in [-0.39, 0.29) is 6.10 Å². The molecule has 1 aliphatic rings. The minimum Gasteiger partial charge on any atom is -0.489 e. The fraction of sp³-hybridized carbons (Fsp3) is 0.647. The molecule has 20 heavy (non-hydrogen) atoms. The average molecular weight is 276 g/mol. The molecular formula is C17H28N2O. The molecule has 3 nitrogen and oxygen atoms in total. The molecule has 1 aliphatic carbocycles. The van der Waals surface area contributed by atoms with Crippen molar-refractivity contribution in [2.24, 2.45) is 5.92 Å². The van der Waals surface area contributed by atoms with Crippen LogP contribution in [0.15, 0.2) is 18.2 Å². The molecule has 1 aromatic rings. The van der Waals surface area contributed by atoms with E-state index in [1.165, 1.54) is 32.1 Å². The molecule has 0 heterocycles. The summed E-state index contributed by atoms with van der Waals surface area (Å²) >= 11 is 0. The van der Waals surface area contributed by atoms with E-state index in [0.29, 0.717) is 12.0 Å². The van der Waals surface area contributed by atoms with Crippen molar-refractivity contribution in [2.75, 3.05) is 11.1 Å². The Morgan fingerprint density at radius 2 is 1.95 bits per heavy atom. The molecule has 0 aliphatic heterocycles.